The molecule has 0 aliphatic rings. The van der Waals surface area contributed by atoms with Crippen molar-refractivity contribution in [3.05, 3.63) is 126 Å². The molecular weight excluding hydrogens is 411 g/mol. The van der Waals surface area contributed by atoms with Gasteiger partial charge in [-0.2, -0.15) is 0 Å². The maximum Gasteiger partial charge on any atom is 0.488 e. The molecule has 0 amide bonds. The van der Waals surface area contributed by atoms with E-state index in [2.05, 4.69) is 64.5 Å². The van der Waals surface area contributed by atoms with Crippen LogP contribution in [0.1, 0.15) is 0 Å². The third-order valence-electron chi connectivity index (χ3n) is 3.71. The van der Waals surface area contributed by atoms with Crippen LogP contribution in [0.2, 0.25) is 0 Å². The van der Waals surface area contributed by atoms with Crippen LogP contribution in [0, 0.1) is 0 Å². The molecule has 0 fully saturated rings. The Balaban J connectivity index is 0.000000157. The molecule has 4 aromatic rings. The van der Waals surface area contributed by atoms with Crippen LogP contribution in [0.4, 0.5) is 0 Å². The van der Waals surface area contributed by atoms with Gasteiger partial charge in [-0.25, -0.2) is 0 Å². The van der Waals surface area contributed by atoms with Crippen molar-refractivity contribution in [3.63, 3.8) is 0 Å². The molecule has 4 heteroatoms. The molecule has 0 aromatic heterocycles. The van der Waals surface area contributed by atoms with Crippen LogP contribution in [-0.4, -0.2) is 17.2 Å². The minimum absolute atomic E-state index is 0.525. The highest BCUT2D eigenvalue weighted by atomic mass is 79.9. The average molecular weight is 433 g/mol. The lowest BCUT2D eigenvalue weighted by atomic mass is 9.81. The van der Waals surface area contributed by atoms with E-state index in [1.54, 1.807) is 24.3 Å². The number of halogens is 1. The Morgan fingerprint density at radius 2 is 0.786 bits per heavy atom. The SMILES string of the molecule is Brc1ccccc1.OB(O)c1ccccc1.c1ccc(-c2ccccc2)cc1. The van der Waals surface area contributed by atoms with Gasteiger partial charge in [0.25, 0.3) is 0 Å². The van der Waals surface area contributed by atoms with Crippen molar-refractivity contribution in [3.8, 4) is 11.1 Å². The Bertz CT molecular complexity index is 849. The number of hydrogen-bond donors (Lipinski definition) is 2. The summed E-state index contributed by atoms with van der Waals surface area (Å²) in [5.74, 6) is 0. The quantitative estimate of drug-likeness (QED) is 0.429. The van der Waals surface area contributed by atoms with Crippen molar-refractivity contribution in [1.29, 1.82) is 0 Å². The molecule has 0 aliphatic carbocycles. The first-order valence-corrected chi connectivity index (χ1v) is 9.68. The third-order valence-corrected chi connectivity index (χ3v) is 4.24. The molecule has 140 valence electrons. The van der Waals surface area contributed by atoms with Crippen molar-refractivity contribution in [2.24, 2.45) is 0 Å². The summed E-state index contributed by atoms with van der Waals surface area (Å²) in [4.78, 5) is 0. The maximum atomic E-state index is 8.58. The zero-order valence-corrected chi connectivity index (χ0v) is 17.0. The molecule has 0 bridgehead atoms. The zero-order valence-electron chi connectivity index (χ0n) is 15.4. The summed E-state index contributed by atoms with van der Waals surface area (Å²) in [5, 5.41) is 17.2. The largest absolute Gasteiger partial charge is 0.488 e. The van der Waals surface area contributed by atoms with E-state index in [9.17, 15) is 0 Å². The number of benzene rings is 4. The van der Waals surface area contributed by atoms with Crippen LogP contribution >= 0.6 is 15.9 Å². The van der Waals surface area contributed by atoms with Gasteiger partial charge in [-0.05, 0) is 28.7 Å². The van der Waals surface area contributed by atoms with E-state index in [-0.39, 0.29) is 0 Å². The van der Waals surface area contributed by atoms with Gasteiger partial charge in [0, 0.05) is 4.47 Å². The summed E-state index contributed by atoms with van der Waals surface area (Å²) in [5.41, 5.74) is 3.08. The summed E-state index contributed by atoms with van der Waals surface area (Å²) in [6.07, 6.45) is 0. The van der Waals surface area contributed by atoms with Crippen LogP contribution in [0.3, 0.4) is 0 Å². The lowest BCUT2D eigenvalue weighted by Gasteiger charge is -1.98. The third kappa shape index (κ3) is 8.36. The summed E-state index contributed by atoms with van der Waals surface area (Å²) >= 11 is 3.31. The van der Waals surface area contributed by atoms with Gasteiger partial charge in [-0.3, -0.25) is 0 Å². The minimum atomic E-state index is -1.34. The molecule has 0 saturated heterocycles. The molecule has 2 nitrogen and oxygen atoms in total. The Hall–Kier alpha value is -2.66. The molecule has 4 aromatic carbocycles. The summed E-state index contributed by atoms with van der Waals surface area (Å²) in [6.45, 7) is 0. The van der Waals surface area contributed by atoms with E-state index in [0.29, 0.717) is 5.46 Å². The molecule has 0 atom stereocenters. The van der Waals surface area contributed by atoms with Crippen molar-refractivity contribution >= 4 is 28.5 Å². The number of rotatable bonds is 2. The highest BCUT2D eigenvalue weighted by molar-refractivity contribution is 9.10. The summed E-state index contributed by atoms with van der Waals surface area (Å²) in [7, 11) is -1.34. The fourth-order valence-corrected chi connectivity index (χ4v) is 2.61. The minimum Gasteiger partial charge on any atom is -0.423 e. The molecule has 28 heavy (non-hydrogen) atoms. The van der Waals surface area contributed by atoms with Crippen molar-refractivity contribution in [2.75, 3.05) is 0 Å². The van der Waals surface area contributed by atoms with Crippen LogP contribution in [0.25, 0.3) is 11.1 Å². The van der Waals surface area contributed by atoms with Crippen LogP contribution in [0.15, 0.2) is 126 Å². The lowest BCUT2D eigenvalue weighted by Crippen LogP contribution is -2.29. The van der Waals surface area contributed by atoms with Gasteiger partial charge < -0.3 is 10.0 Å². The Labute approximate surface area is 175 Å². The fourth-order valence-electron chi connectivity index (χ4n) is 2.30. The standard InChI is InChI=1S/C12H10.C6H7BO2.C6H5Br/c1-3-7-11(8-4-1)12-9-5-2-6-10-12;8-7(9)6-4-2-1-3-5-6;7-6-4-2-1-3-5-6/h1-10H;1-5,8-9H;1-5H. The van der Waals surface area contributed by atoms with E-state index in [1.165, 1.54) is 11.1 Å². The Morgan fingerprint density at radius 3 is 1.04 bits per heavy atom. The van der Waals surface area contributed by atoms with Gasteiger partial charge in [0.1, 0.15) is 0 Å². The first kappa shape index (κ1) is 21.6. The molecule has 0 spiro atoms. The average Bonchev–Trinajstić information content (AvgIpc) is 2.77. The summed E-state index contributed by atoms with van der Waals surface area (Å²) in [6, 6.07) is 39.4. The van der Waals surface area contributed by atoms with Crippen LogP contribution in [0.5, 0.6) is 0 Å². The highest BCUT2D eigenvalue weighted by Gasteiger charge is 2.07. The second-order valence-corrected chi connectivity index (χ2v) is 6.73. The van der Waals surface area contributed by atoms with Crippen molar-refractivity contribution in [1.82, 2.24) is 0 Å². The monoisotopic (exact) mass is 432 g/mol. The molecule has 0 saturated carbocycles. The lowest BCUT2D eigenvalue weighted by molar-refractivity contribution is 0.426. The van der Waals surface area contributed by atoms with Crippen LogP contribution < -0.4 is 5.46 Å². The molecule has 4 rings (SSSR count). The second-order valence-electron chi connectivity index (χ2n) is 5.81. The predicted octanol–water partition coefficient (Wildman–Crippen LogP) is 5.17. The van der Waals surface area contributed by atoms with Crippen LogP contribution in [-0.2, 0) is 0 Å². The molecule has 0 aliphatic heterocycles. The van der Waals surface area contributed by atoms with Gasteiger partial charge in [0.2, 0.25) is 0 Å². The fraction of sp³-hybridized carbons (Fsp3) is 0. The number of hydrogen-bond acceptors (Lipinski definition) is 2. The van der Waals surface area contributed by atoms with E-state index in [1.807, 2.05) is 48.5 Å². The Morgan fingerprint density at radius 1 is 0.464 bits per heavy atom. The Kier molecular flexibility index (Phi) is 9.80. The van der Waals surface area contributed by atoms with Gasteiger partial charge in [0.05, 0.1) is 0 Å². The molecule has 0 heterocycles. The predicted molar refractivity (Wildman–Crippen MR) is 122 cm³/mol. The van der Waals surface area contributed by atoms with Gasteiger partial charge in [-0.1, -0.05) is 125 Å². The van der Waals surface area contributed by atoms with Gasteiger partial charge in [0.15, 0.2) is 0 Å². The van der Waals surface area contributed by atoms with Gasteiger partial charge in [-0.15, -0.1) is 0 Å². The molecule has 0 radical (unpaired) electrons. The maximum absolute atomic E-state index is 8.58. The highest BCUT2D eigenvalue weighted by Crippen LogP contribution is 2.17. The van der Waals surface area contributed by atoms with Crippen molar-refractivity contribution in [2.45, 2.75) is 0 Å². The normalized spacial score (nSPS) is 9.25. The van der Waals surface area contributed by atoms with Gasteiger partial charge >= 0.3 is 7.12 Å². The van der Waals surface area contributed by atoms with E-state index in [0.717, 1.165) is 4.47 Å². The van der Waals surface area contributed by atoms with E-state index >= 15 is 0 Å². The first-order chi connectivity index (χ1) is 13.7. The van der Waals surface area contributed by atoms with E-state index < -0.39 is 7.12 Å². The summed E-state index contributed by atoms with van der Waals surface area (Å²) < 4.78 is 1.13. The smallest absolute Gasteiger partial charge is 0.423 e. The molecular formula is C24H22BBrO2. The molecule has 0 unspecified atom stereocenters. The van der Waals surface area contributed by atoms with Crippen molar-refractivity contribution < 1.29 is 10.0 Å². The zero-order chi connectivity index (χ0) is 20.0. The van der Waals surface area contributed by atoms with E-state index in [4.69, 9.17) is 10.0 Å². The topological polar surface area (TPSA) is 40.5 Å². The second kappa shape index (κ2) is 12.7. The molecule has 2 N–H and O–H groups in total. The first-order valence-electron chi connectivity index (χ1n) is 8.89.